The number of nitrogens with two attached hydrogens (primary N) is 1. The summed E-state index contributed by atoms with van der Waals surface area (Å²) in [5.74, 6) is -0.0778. The maximum Gasteiger partial charge on any atom is 0.255 e. The van der Waals surface area contributed by atoms with Crippen LogP contribution in [0.25, 0.3) is 0 Å². The summed E-state index contributed by atoms with van der Waals surface area (Å²) < 4.78 is 5.85. The van der Waals surface area contributed by atoms with Crippen LogP contribution >= 0.6 is 15.9 Å². The minimum absolute atomic E-state index is 0.110. The Kier molecular flexibility index (Phi) is 4.65. The van der Waals surface area contributed by atoms with Gasteiger partial charge >= 0.3 is 0 Å². The first-order valence-electron chi connectivity index (χ1n) is 6.45. The average Bonchev–Trinajstić information content (AvgIpc) is 2.47. The Hall–Kier alpha value is -1.56. The van der Waals surface area contributed by atoms with Gasteiger partial charge in [-0.25, -0.2) is 0 Å². The highest BCUT2D eigenvalue weighted by atomic mass is 79.9. The Bertz CT molecular complexity index is 533. The molecule has 0 saturated carbocycles. The van der Waals surface area contributed by atoms with Gasteiger partial charge in [-0.05, 0) is 47.0 Å². The quantitative estimate of drug-likeness (QED) is 0.911. The molecule has 0 aromatic heterocycles. The third-order valence-corrected chi connectivity index (χ3v) is 4.21. The standard InChI is InChI=1S/C14H17BrN2O3/c1-20-10-4-5-12(15)11(7-10)14(19)17-6-2-3-9(8-17)13(16)18/h4-5,7,9H,2-3,6,8H2,1H3,(H2,16,18)/t9-/m1/s1. The summed E-state index contributed by atoms with van der Waals surface area (Å²) >= 11 is 3.38. The zero-order valence-corrected chi connectivity index (χ0v) is 12.9. The Balaban J connectivity index is 2.20. The van der Waals surface area contributed by atoms with Crippen LogP contribution in [-0.4, -0.2) is 36.9 Å². The number of amides is 2. The highest BCUT2D eigenvalue weighted by Crippen LogP contribution is 2.26. The smallest absolute Gasteiger partial charge is 0.255 e. The maximum atomic E-state index is 12.5. The van der Waals surface area contributed by atoms with Crippen molar-refractivity contribution >= 4 is 27.7 Å². The molecule has 0 radical (unpaired) electrons. The molecule has 6 heteroatoms. The van der Waals surface area contributed by atoms with Gasteiger partial charge in [0.25, 0.3) is 5.91 Å². The highest BCUT2D eigenvalue weighted by Gasteiger charge is 2.28. The van der Waals surface area contributed by atoms with Gasteiger partial charge in [0, 0.05) is 17.6 Å². The van der Waals surface area contributed by atoms with Gasteiger partial charge in [-0.2, -0.15) is 0 Å². The maximum absolute atomic E-state index is 12.5. The Morgan fingerprint density at radius 1 is 1.45 bits per heavy atom. The molecule has 1 aliphatic heterocycles. The fourth-order valence-electron chi connectivity index (χ4n) is 2.36. The SMILES string of the molecule is COc1ccc(Br)c(C(=O)N2CCC[C@@H](C(N)=O)C2)c1. The van der Waals surface area contributed by atoms with Crippen LogP contribution in [0.4, 0.5) is 0 Å². The summed E-state index contributed by atoms with van der Waals surface area (Å²) in [6.45, 7) is 1.03. The van der Waals surface area contributed by atoms with Crippen LogP contribution < -0.4 is 10.5 Å². The first kappa shape index (κ1) is 14.8. The summed E-state index contributed by atoms with van der Waals surface area (Å²) in [6, 6.07) is 5.26. The van der Waals surface area contributed by atoms with Gasteiger partial charge in [0.05, 0.1) is 18.6 Å². The first-order chi connectivity index (χ1) is 9.52. The Morgan fingerprint density at radius 2 is 2.20 bits per heavy atom. The number of nitrogens with zero attached hydrogens (tertiary/aromatic N) is 1. The number of hydrogen-bond donors (Lipinski definition) is 1. The zero-order valence-electron chi connectivity index (χ0n) is 11.3. The number of likely N-dealkylation sites (tertiary alicyclic amines) is 1. The third-order valence-electron chi connectivity index (χ3n) is 3.51. The average molecular weight is 341 g/mol. The zero-order chi connectivity index (χ0) is 14.7. The van der Waals surface area contributed by atoms with Crippen molar-refractivity contribution in [1.29, 1.82) is 0 Å². The van der Waals surface area contributed by atoms with E-state index < -0.39 is 0 Å². The van der Waals surface area contributed by atoms with Crippen LogP contribution in [-0.2, 0) is 4.79 Å². The molecule has 2 rings (SSSR count). The fourth-order valence-corrected chi connectivity index (χ4v) is 2.78. The molecule has 0 aliphatic carbocycles. The molecular weight excluding hydrogens is 324 g/mol. The van der Waals surface area contributed by atoms with Gasteiger partial charge in [-0.3, -0.25) is 9.59 Å². The molecule has 5 nitrogen and oxygen atoms in total. The Morgan fingerprint density at radius 3 is 2.85 bits per heavy atom. The predicted octanol–water partition coefficient (Wildman–Crippen LogP) is 1.80. The largest absolute Gasteiger partial charge is 0.497 e. The van der Waals surface area contributed by atoms with E-state index in [-0.39, 0.29) is 17.7 Å². The number of piperidine rings is 1. The number of primary amides is 1. The van der Waals surface area contributed by atoms with E-state index in [1.54, 1.807) is 30.2 Å². The van der Waals surface area contributed by atoms with E-state index in [0.717, 1.165) is 12.8 Å². The van der Waals surface area contributed by atoms with Crippen molar-refractivity contribution in [3.8, 4) is 5.75 Å². The van der Waals surface area contributed by atoms with Crippen molar-refractivity contribution in [2.45, 2.75) is 12.8 Å². The third kappa shape index (κ3) is 3.12. The van der Waals surface area contributed by atoms with Gasteiger partial charge in [-0.1, -0.05) is 0 Å². The topological polar surface area (TPSA) is 72.6 Å². The van der Waals surface area contributed by atoms with Crippen molar-refractivity contribution < 1.29 is 14.3 Å². The summed E-state index contributed by atoms with van der Waals surface area (Å²) in [6.07, 6.45) is 1.54. The van der Waals surface area contributed by atoms with Crippen molar-refractivity contribution in [1.82, 2.24) is 4.90 Å². The monoisotopic (exact) mass is 340 g/mol. The lowest BCUT2D eigenvalue weighted by molar-refractivity contribution is -0.123. The number of carbonyl (C=O) groups excluding carboxylic acids is 2. The second kappa shape index (κ2) is 6.26. The summed E-state index contributed by atoms with van der Waals surface area (Å²) in [4.78, 5) is 25.5. The number of ether oxygens (including phenoxy) is 1. The number of rotatable bonds is 3. The molecule has 1 fully saturated rings. The normalized spacial score (nSPS) is 18.7. The van der Waals surface area contributed by atoms with Crippen LogP contribution in [0.15, 0.2) is 22.7 Å². The molecule has 2 amide bonds. The molecule has 1 aromatic carbocycles. The lowest BCUT2D eigenvalue weighted by Gasteiger charge is -2.31. The molecule has 1 atom stereocenters. The molecule has 108 valence electrons. The van der Waals surface area contributed by atoms with E-state index in [0.29, 0.717) is 28.9 Å². The number of methoxy groups -OCH3 is 1. The van der Waals surface area contributed by atoms with Gasteiger partial charge in [0.1, 0.15) is 5.75 Å². The molecule has 20 heavy (non-hydrogen) atoms. The number of carbonyl (C=O) groups is 2. The van der Waals surface area contributed by atoms with Crippen molar-refractivity contribution in [3.05, 3.63) is 28.2 Å². The molecule has 1 heterocycles. The Labute approximate surface area is 126 Å². The molecular formula is C14H17BrN2O3. The minimum Gasteiger partial charge on any atom is -0.497 e. The molecule has 0 unspecified atom stereocenters. The van der Waals surface area contributed by atoms with Crippen molar-refractivity contribution in [3.63, 3.8) is 0 Å². The van der Waals surface area contributed by atoms with Crippen LogP contribution in [0, 0.1) is 5.92 Å². The molecule has 1 saturated heterocycles. The number of hydrogen-bond acceptors (Lipinski definition) is 3. The summed E-state index contributed by atoms with van der Waals surface area (Å²) in [5.41, 5.74) is 5.87. The van der Waals surface area contributed by atoms with E-state index in [1.165, 1.54) is 0 Å². The fraction of sp³-hybridized carbons (Fsp3) is 0.429. The minimum atomic E-state index is -0.341. The predicted molar refractivity (Wildman–Crippen MR) is 78.5 cm³/mol. The second-order valence-corrected chi connectivity index (χ2v) is 5.69. The van der Waals surface area contributed by atoms with Crippen LogP contribution in [0.2, 0.25) is 0 Å². The van der Waals surface area contributed by atoms with Gasteiger partial charge in [0.2, 0.25) is 5.91 Å². The molecule has 1 aliphatic rings. The van der Waals surface area contributed by atoms with E-state index in [4.69, 9.17) is 10.5 Å². The van der Waals surface area contributed by atoms with Gasteiger partial charge in [0.15, 0.2) is 0 Å². The first-order valence-corrected chi connectivity index (χ1v) is 7.24. The molecule has 2 N–H and O–H groups in total. The van der Waals surface area contributed by atoms with E-state index >= 15 is 0 Å². The van der Waals surface area contributed by atoms with Gasteiger partial charge in [-0.15, -0.1) is 0 Å². The number of halogens is 1. The van der Waals surface area contributed by atoms with E-state index in [2.05, 4.69) is 15.9 Å². The lowest BCUT2D eigenvalue weighted by Crippen LogP contribution is -2.44. The van der Waals surface area contributed by atoms with Crippen LogP contribution in [0.3, 0.4) is 0 Å². The van der Waals surface area contributed by atoms with Crippen LogP contribution in [0.1, 0.15) is 23.2 Å². The molecule has 1 aromatic rings. The summed E-state index contributed by atoms with van der Waals surface area (Å²) in [7, 11) is 1.56. The number of benzene rings is 1. The van der Waals surface area contributed by atoms with E-state index in [1.807, 2.05) is 0 Å². The molecule has 0 bridgehead atoms. The lowest BCUT2D eigenvalue weighted by atomic mass is 9.97. The highest BCUT2D eigenvalue weighted by molar-refractivity contribution is 9.10. The van der Waals surface area contributed by atoms with E-state index in [9.17, 15) is 9.59 Å². The van der Waals surface area contributed by atoms with Crippen molar-refractivity contribution in [2.24, 2.45) is 11.7 Å². The molecule has 0 spiro atoms. The van der Waals surface area contributed by atoms with Crippen LogP contribution in [0.5, 0.6) is 5.75 Å². The van der Waals surface area contributed by atoms with Gasteiger partial charge < -0.3 is 15.4 Å². The summed E-state index contributed by atoms with van der Waals surface area (Å²) in [5, 5.41) is 0. The van der Waals surface area contributed by atoms with Crippen molar-refractivity contribution in [2.75, 3.05) is 20.2 Å². The second-order valence-electron chi connectivity index (χ2n) is 4.84.